The summed E-state index contributed by atoms with van der Waals surface area (Å²) in [5, 5.41) is 4.79. The molecule has 0 amide bonds. The molecule has 1 fully saturated rings. The molecule has 0 bridgehead atoms. The van der Waals surface area contributed by atoms with Gasteiger partial charge in [-0.2, -0.15) is 0 Å². The predicted octanol–water partition coefficient (Wildman–Crippen LogP) is 6.56. The molecule has 0 spiro atoms. The Labute approximate surface area is 190 Å². The van der Waals surface area contributed by atoms with E-state index < -0.39 is 0 Å². The van der Waals surface area contributed by atoms with E-state index in [1.54, 1.807) is 0 Å². The summed E-state index contributed by atoms with van der Waals surface area (Å²) in [6, 6.07) is 0.578. The lowest BCUT2D eigenvalue weighted by atomic mass is 9.80. The van der Waals surface area contributed by atoms with Crippen LogP contribution in [-0.4, -0.2) is 37.1 Å². The van der Waals surface area contributed by atoms with Gasteiger partial charge in [-0.25, -0.2) is 0 Å². The molecule has 1 saturated heterocycles. The fourth-order valence-electron chi connectivity index (χ4n) is 5.08. The molecule has 2 nitrogen and oxygen atoms in total. The molecule has 168 valence electrons. The largest absolute Gasteiger partial charge is 0.312 e. The zero-order valence-electron chi connectivity index (χ0n) is 19.6. The molecular formula is C27H43ClN2. The van der Waals surface area contributed by atoms with Crippen molar-refractivity contribution in [2.24, 2.45) is 29.6 Å². The number of rotatable bonds is 9. The van der Waals surface area contributed by atoms with Crippen molar-refractivity contribution in [3.8, 4) is 0 Å². The monoisotopic (exact) mass is 430 g/mol. The Morgan fingerprint density at radius 2 is 1.80 bits per heavy atom. The van der Waals surface area contributed by atoms with Gasteiger partial charge in [0.1, 0.15) is 0 Å². The summed E-state index contributed by atoms with van der Waals surface area (Å²) >= 11 is 6.09. The van der Waals surface area contributed by atoms with E-state index in [0.29, 0.717) is 17.9 Å². The van der Waals surface area contributed by atoms with Crippen LogP contribution in [0.15, 0.2) is 47.1 Å². The molecule has 30 heavy (non-hydrogen) atoms. The number of likely N-dealkylation sites (tertiary alicyclic amines) is 1. The number of halogens is 1. The maximum atomic E-state index is 6.09. The van der Waals surface area contributed by atoms with E-state index in [9.17, 15) is 0 Å². The van der Waals surface area contributed by atoms with Gasteiger partial charge in [0.05, 0.1) is 0 Å². The summed E-state index contributed by atoms with van der Waals surface area (Å²) in [4.78, 5) is 2.69. The van der Waals surface area contributed by atoms with Gasteiger partial charge >= 0.3 is 0 Å². The number of allylic oxidation sites excluding steroid dienone is 7. The molecule has 0 radical (unpaired) electrons. The van der Waals surface area contributed by atoms with Crippen LogP contribution in [0.5, 0.6) is 0 Å². The molecular weight excluding hydrogens is 388 g/mol. The summed E-state index contributed by atoms with van der Waals surface area (Å²) in [6.07, 6.45) is 20.0. The predicted molar refractivity (Wildman–Crippen MR) is 132 cm³/mol. The third-order valence-electron chi connectivity index (χ3n) is 7.47. The Morgan fingerprint density at radius 1 is 1.03 bits per heavy atom. The third-order valence-corrected chi connectivity index (χ3v) is 7.75. The number of nitrogens with zero attached hydrogens (tertiary/aromatic N) is 1. The summed E-state index contributed by atoms with van der Waals surface area (Å²) in [6.45, 7) is 14.1. The van der Waals surface area contributed by atoms with E-state index in [-0.39, 0.29) is 0 Å². The van der Waals surface area contributed by atoms with Gasteiger partial charge in [-0.1, -0.05) is 75.2 Å². The summed E-state index contributed by atoms with van der Waals surface area (Å²) in [5.41, 5.74) is 1.51. The highest BCUT2D eigenvalue weighted by atomic mass is 35.5. The van der Waals surface area contributed by atoms with E-state index in [0.717, 1.165) is 42.2 Å². The highest BCUT2D eigenvalue weighted by Gasteiger charge is 2.27. The van der Waals surface area contributed by atoms with Crippen LogP contribution in [0.4, 0.5) is 0 Å². The van der Waals surface area contributed by atoms with E-state index >= 15 is 0 Å². The minimum Gasteiger partial charge on any atom is -0.312 e. The van der Waals surface area contributed by atoms with Gasteiger partial charge in [0.2, 0.25) is 0 Å². The van der Waals surface area contributed by atoms with Crippen molar-refractivity contribution in [2.45, 2.75) is 65.8 Å². The Kier molecular flexibility index (Phi) is 9.29. The molecule has 2 aliphatic carbocycles. The van der Waals surface area contributed by atoms with Gasteiger partial charge in [0.15, 0.2) is 0 Å². The van der Waals surface area contributed by atoms with E-state index in [2.05, 4.69) is 74.4 Å². The number of hydrogen-bond donors (Lipinski definition) is 1. The van der Waals surface area contributed by atoms with Gasteiger partial charge < -0.3 is 10.2 Å². The van der Waals surface area contributed by atoms with Crippen LogP contribution in [0.25, 0.3) is 0 Å². The van der Waals surface area contributed by atoms with E-state index in [4.69, 9.17) is 11.6 Å². The molecule has 2 unspecified atom stereocenters. The lowest BCUT2D eigenvalue weighted by Gasteiger charge is -2.38. The zero-order valence-corrected chi connectivity index (χ0v) is 20.4. The second-order valence-corrected chi connectivity index (χ2v) is 10.8. The van der Waals surface area contributed by atoms with Crippen molar-refractivity contribution in [1.29, 1.82) is 0 Å². The first kappa shape index (κ1) is 23.8. The van der Waals surface area contributed by atoms with Crippen LogP contribution in [0.2, 0.25) is 0 Å². The first-order valence-electron chi connectivity index (χ1n) is 12.3. The lowest BCUT2D eigenvalue weighted by Crippen LogP contribution is -2.47. The minimum atomic E-state index is 0.578. The molecule has 3 heteroatoms. The molecule has 0 saturated carbocycles. The van der Waals surface area contributed by atoms with Crippen LogP contribution in [-0.2, 0) is 0 Å². The van der Waals surface area contributed by atoms with Crippen molar-refractivity contribution >= 4 is 11.6 Å². The molecule has 3 atom stereocenters. The SMILES string of the molecule is CC(C)C1C=CC(CCN[C@@H](CN2CCC(C3C=CC(Cl)=CC3)CC2)C(C)C)=CC1. The standard InChI is InChI=1S/C27H43ClN2/c1-20(2)23-7-5-22(6-8-23)13-16-29-27(21(3)4)19-30-17-14-25(15-18-30)24-9-11-26(28)12-10-24/h5-7,9,11-12,20-21,23-25,27,29H,8,10,13-19H2,1-4H3/t23?,24?,27-/m0/s1. The maximum Gasteiger partial charge on any atom is 0.0363 e. The van der Waals surface area contributed by atoms with Gasteiger partial charge in [0.25, 0.3) is 0 Å². The molecule has 3 rings (SSSR count). The highest BCUT2D eigenvalue weighted by molar-refractivity contribution is 6.31. The Hall–Kier alpha value is -0.830. The lowest BCUT2D eigenvalue weighted by molar-refractivity contribution is 0.139. The normalized spacial score (nSPS) is 26.9. The fraction of sp³-hybridized carbons (Fsp3) is 0.704. The van der Waals surface area contributed by atoms with Crippen LogP contribution in [0, 0.1) is 29.6 Å². The highest BCUT2D eigenvalue weighted by Crippen LogP contribution is 2.32. The van der Waals surface area contributed by atoms with E-state index in [1.165, 1.54) is 44.5 Å². The first-order chi connectivity index (χ1) is 14.4. The Morgan fingerprint density at radius 3 is 2.37 bits per heavy atom. The fourth-order valence-corrected chi connectivity index (χ4v) is 5.24. The first-order valence-corrected chi connectivity index (χ1v) is 12.7. The van der Waals surface area contributed by atoms with Gasteiger partial charge in [-0.3, -0.25) is 0 Å². The molecule has 1 heterocycles. The number of hydrogen-bond acceptors (Lipinski definition) is 2. The van der Waals surface area contributed by atoms with Crippen molar-refractivity contribution in [2.75, 3.05) is 26.2 Å². The minimum absolute atomic E-state index is 0.578. The van der Waals surface area contributed by atoms with Crippen molar-refractivity contribution in [3.63, 3.8) is 0 Å². The molecule has 1 N–H and O–H groups in total. The Balaban J connectivity index is 1.38. The quantitative estimate of drug-likeness (QED) is 0.445. The summed E-state index contributed by atoms with van der Waals surface area (Å²) < 4.78 is 0. The molecule has 0 aromatic carbocycles. The molecule has 3 aliphatic rings. The number of piperidine rings is 1. The second-order valence-electron chi connectivity index (χ2n) is 10.3. The summed E-state index contributed by atoms with van der Waals surface area (Å²) in [5.74, 6) is 3.65. The second kappa shape index (κ2) is 11.7. The summed E-state index contributed by atoms with van der Waals surface area (Å²) in [7, 11) is 0. The van der Waals surface area contributed by atoms with Crippen molar-refractivity contribution in [3.05, 3.63) is 47.1 Å². The molecule has 0 aromatic heterocycles. The van der Waals surface area contributed by atoms with Crippen LogP contribution < -0.4 is 5.32 Å². The van der Waals surface area contributed by atoms with Crippen LogP contribution in [0.1, 0.15) is 59.8 Å². The smallest absolute Gasteiger partial charge is 0.0363 e. The number of nitrogens with one attached hydrogen (secondary N) is 1. The third kappa shape index (κ3) is 7.11. The zero-order chi connectivity index (χ0) is 21.5. The molecule has 1 aliphatic heterocycles. The topological polar surface area (TPSA) is 15.3 Å². The van der Waals surface area contributed by atoms with Gasteiger partial charge in [-0.15, -0.1) is 0 Å². The Bertz CT molecular complexity index is 650. The molecule has 0 aromatic rings. The maximum absolute atomic E-state index is 6.09. The van der Waals surface area contributed by atoms with E-state index in [1.807, 2.05) is 0 Å². The van der Waals surface area contributed by atoms with Crippen molar-refractivity contribution in [1.82, 2.24) is 10.2 Å². The van der Waals surface area contributed by atoms with Crippen LogP contribution in [0.3, 0.4) is 0 Å². The van der Waals surface area contributed by atoms with Crippen molar-refractivity contribution < 1.29 is 0 Å². The van der Waals surface area contributed by atoms with Crippen LogP contribution >= 0.6 is 11.6 Å². The average molecular weight is 431 g/mol. The van der Waals surface area contributed by atoms with Gasteiger partial charge in [-0.05, 0) is 87.4 Å². The average Bonchev–Trinajstić information content (AvgIpc) is 2.74. The van der Waals surface area contributed by atoms with Gasteiger partial charge in [0, 0.05) is 17.6 Å².